The Morgan fingerprint density at radius 3 is 2.21 bits per heavy atom. The van der Waals surface area contributed by atoms with Crippen molar-refractivity contribution in [2.45, 2.75) is 40.5 Å². The summed E-state index contributed by atoms with van der Waals surface area (Å²) >= 11 is 0. The molecule has 0 unspecified atom stereocenters. The molecule has 0 aliphatic rings. The fraction of sp³-hybridized carbons (Fsp3) is 0.333. The molecule has 0 spiro atoms. The third-order valence-electron chi connectivity index (χ3n) is 2.82. The summed E-state index contributed by atoms with van der Waals surface area (Å²) in [6, 6.07) is 16.2. The highest BCUT2D eigenvalue weighted by molar-refractivity contribution is 5.38. The Hall–Kier alpha value is -1.76. The number of hydrogen-bond donors (Lipinski definition) is 0. The van der Waals surface area contributed by atoms with Gasteiger partial charge in [0.1, 0.15) is 11.5 Å². The zero-order valence-corrected chi connectivity index (χ0v) is 12.4. The van der Waals surface area contributed by atoms with Crippen LogP contribution in [0.4, 0.5) is 0 Å². The van der Waals surface area contributed by atoms with Crippen molar-refractivity contribution in [2.24, 2.45) is 0 Å². The predicted octanol–water partition coefficient (Wildman–Crippen LogP) is 5.77. The summed E-state index contributed by atoms with van der Waals surface area (Å²) in [6.07, 6.45) is 2.27. The van der Waals surface area contributed by atoms with Crippen LogP contribution in [-0.4, -0.2) is 0 Å². The Balaban J connectivity index is 0.000000861. The van der Waals surface area contributed by atoms with Gasteiger partial charge in [0, 0.05) is 0 Å². The second kappa shape index (κ2) is 8.36. The molecule has 0 bridgehead atoms. The molecule has 0 aliphatic heterocycles. The van der Waals surface area contributed by atoms with Gasteiger partial charge >= 0.3 is 0 Å². The van der Waals surface area contributed by atoms with E-state index >= 15 is 0 Å². The van der Waals surface area contributed by atoms with Crippen molar-refractivity contribution < 1.29 is 4.74 Å². The quantitative estimate of drug-likeness (QED) is 0.675. The largest absolute Gasteiger partial charge is 0.457 e. The lowest BCUT2D eigenvalue weighted by Crippen LogP contribution is -1.91. The van der Waals surface area contributed by atoms with Crippen LogP contribution in [0.15, 0.2) is 48.5 Å². The second-order valence-corrected chi connectivity index (χ2v) is 4.25. The average molecular weight is 256 g/mol. The van der Waals surface area contributed by atoms with Gasteiger partial charge < -0.3 is 4.74 Å². The van der Waals surface area contributed by atoms with Gasteiger partial charge in [0.05, 0.1) is 0 Å². The number of ether oxygens (including phenoxy) is 1. The Kier molecular flexibility index (Phi) is 6.73. The van der Waals surface area contributed by atoms with E-state index in [1.807, 2.05) is 50.2 Å². The van der Waals surface area contributed by atoms with Crippen LogP contribution in [0.25, 0.3) is 0 Å². The standard InChI is InChI=1S/C16H18O.C2H6/c1-3-7-14-12-16(11-10-13(14)2)17-15-8-5-4-6-9-15;1-2/h4-6,8-12H,3,7H2,1-2H3;1-2H3. The molecule has 0 atom stereocenters. The van der Waals surface area contributed by atoms with Gasteiger partial charge in [-0.15, -0.1) is 0 Å². The van der Waals surface area contributed by atoms with E-state index in [1.54, 1.807) is 0 Å². The molecule has 19 heavy (non-hydrogen) atoms. The van der Waals surface area contributed by atoms with Gasteiger partial charge in [-0.2, -0.15) is 0 Å². The summed E-state index contributed by atoms with van der Waals surface area (Å²) in [6.45, 7) is 8.35. The monoisotopic (exact) mass is 256 g/mol. The summed E-state index contributed by atoms with van der Waals surface area (Å²) in [5, 5.41) is 0. The molecule has 102 valence electrons. The maximum Gasteiger partial charge on any atom is 0.127 e. The van der Waals surface area contributed by atoms with Crippen molar-refractivity contribution >= 4 is 0 Å². The highest BCUT2D eigenvalue weighted by Gasteiger charge is 2.01. The third kappa shape index (κ3) is 4.78. The van der Waals surface area contributed by atoms with Crippen LogP contribution in [0.5, 0.6) is 11.5 Å². The minimum absolute atomic E-state index is 0.888. The van der Waals surface area contributed by atoms with Crippen LogP contribution in [0.2, 0.25) is 0 Å². The zero-order chi connectivity index (χ0) is 14.1. The van der Waals surface area contributed by atoms with Crippen molar-refractivity contribution in [3.05, 3.63) is 59.7 Å². The molecular formula is C18H24O. The van der Waals surface area contributed by atoms with Gasteiger partial charge in [0.2, 0.25) is 0 Å². The number of para-hydroxylation sites is 1. The van der Waals surface area contributed by atoms with Crippen LogP contribution in [0.1, 0.15) is 38.3 Å². The van der Waals surface area contributed by atoms with E-state index < -0.39 is 0 Å². The molecule has 0 saturated carbocycles. The van der Waals surface area contributed by atoms with Gasteiger partial charge in [-0.25, -0.2) is 0 Å². The Bertz CT molecular complexity index is 474. The van der Waals surface area contributed by atoms with E-state index in [2.05, 4.69) is 26.0 Å². The Morgan fingerprint density at radius 2 is 1.58 bits per heavy atom. The normalized spacial score (nSPS) is 9.47. The first-order valence-corrected chi connectivity index (χ1v) is 7.12. The van der Waals surface area contributed by atoms with Crippen LogP contribution < -0.4 is 4.74 Å². The average Bonchev–Trinajstić information content (AvgIpc) is 2.46. The predicted molar refractivity (Wildman–Crippen MR) is 83.0 cm³/mol. The molecule has 1 heteroatoms. The van der Waals surface area contributed by atoms with Gasteiger partial charge in [-0.3, -0.25) is 0 Å². The summed E-state index contributed by atoms with van der Waals surface area (Å²) < 4.78 is 5.82. The van der Waals surface area contributed by atoms with Gasteiger partial charge in [0.15, 0.2) is 0 Å². The Labute approximate surface area is 117 Å². The smallest absolute Gasteiger partial charge is 0.127 e. The van der Waals surface area contributed by atoms with E-state index in [-0.39, 0.29) is 0 Å². The molecule has 0 heterocycles. The fourth-order valence-corrected chi connectivity index (χ4v) is 1.87. The van der Waals surface area contributed by atoms with Crippen LogP contribution in [0.3, 0.4) is 0 Å². The lowest BCUT2D eigenvalue weighted by molar-refractivity contribution is 0.481. The summed E-state index contributed by atoms with van der Waals surface area (Å²) in [4.78, 5) is 0. The SMILES string of the molecule is CC.CCCc1cc(Oc2ccccc2)ccc1C. The van der Waals surface area contributed by atoms with E-state index in [4.69, 9.17) is 4.74 Å². The number of aryl methyl sites for hydroxylation is 2. The van der Waals surface area contributed by atoms with Crippen molar-refractivity contribution in [3.63, 3.8) is 0 Å². The number of benzene rings is 2. The number of rotatable bonds is 4. The van der Waals surface area contributed by atoms with Crippen molar-refractivity contribution in [1.82, 2.24) is 0 Å². The molecule has 0 aromatic heterocycles. The van der Waals surface area contributed by atoms with E-state index in [0.717, 1.165) is 24.3 Å². The first-order chi connectivity index (χ1) is 9.29. The van der Waals surface area contributed by atoms with Crippen LogP contribution in [-0.2, 0) is 6.42 Å². The minimum Gasteiger partial charge on any atom is -0.457 e. The maximum absolute atomic E-state index is 5.82. The van der Waals surface area contributed by atoms with Crippen molar-refractivity contribution in [2.75, 3.05) is 0 Å². The molecule has 0 saturated heterocycles. The fourth-order valence-electron chi connectivity index (χ4n) is 1.87. The summed E-state index contributed by atoms with van der Waals surface area (Å²) in [5.41, 5.74) is 2.72. The van der Waals surface area contributed by atoms with Crippen molar-refractivity contribution in [3.8, 4) is 11.5 Å². The van der Waals surface area contributed by atoms with Crippen LogP contribution in [0, 0.1) is 6.92 Å². The molecule has 0 amide bonds. The van der Waals surface area contributed by atoms with Gasteiger partial charge in [-0.1, -0.05) is 51.5 Å². The summed E-state index contributed by atoms with van der Waals surface area (Å²) in [5.74, 6) is 1.81. The Morgan fingerprint density at radius 1 is 0.895 bits per heavy atom. The zero-order valence-electron chi connectivity index (χ0n) is 12.4. The molecule has 2 aromatic carbocycles. The van der Waals surface area contributed by atoms with E-state index in [0.29, 0.717) is 0 Å². The third-order valence-corrected chi connectivity index (χ3v) is 2.82. The molecule has 0 N–H and O–H groups in total. The maximum atomic E-state index is 5.82. The van der Waals surface area contributed by atoms with Crippen molar-refractivity contribution in [1.29, 1.82) is 0 Å². The lowest BCUT2D eigenvalue weighted by Gasteiger charge is -2.09. The molecule has 2 rings (SSSR count). The van der Waals surface area contributed by atoms with Gasteiger partial charge in [-0.05, 0) is 48.7 Å². The number of hydrogen-bond acceptors (Lipinski definition) is 1. The second-order valence-electron chi connectivity index (χ2n) is 4.25. The first-order valence-electron chi connectivity index (χ1n) is 7.12. The highest BCUT2D eigenvalue weighted by atomic mass is 16.5. The highest BCUT2D eigenvalue weighted by Crippen LogP contribution is 2.24. The lowest BCUT2D eigenvalue weighted by atomic mass is 10.0. The summed E-state index contributed by atoms with van der Waals surface area (Å²) in [7, 11) is 0. The van der Waals surface area contributed by atoms with E-state index in [1.165, 1.54) is 11.1 Å². The molecule has 0 aliphatic carbocycles. The first kappa shape index (κ1) is 15.3. The topological polar surface area (TPSA) is 9.23 Å². The molecule has 0 radical (unpaired) electrons. The van der Waals surface area contributed by atoms with E-state index in [9.17, 15) is 0 Å². The molecule has 1 nitrogen and oxygen atoms in total. The molecular weight excluding hydrogens is 232 g/mol. The van der Waals surface area contributed by atoms with Gasteiger partial charge in [0.25, 0.3) is 0 Å². The molecule has 2 aromatic rings. The minimum atomic E-state index is 0.888. The van der Waals surface area contributed by atoms with Crippen LogP contribution >= 0.6 is 0 Å². The molecule has 0 fully saturated rings.